The third-order valence-electron chi connectivity index (χ3n) is 23.8. The normalized spacial score (nSPS) is 19.0. The number of amides is 12. The minimum Gasteiger partial charge on any atom is -0.460 e. The highest BCUT2D eigenvalue weighted by atomic mass is 32.2. The van der Waals surface area contributed by atoms with Crippen molar-refractivity contribution in [1.82, 2.24) is 25.8 Å². The zero-order valence-corrected chi connectivity index (χ0v) is 85.5. The van der Waals surface area contributed by atoms with Crippen molar-refractivity contribution >= 4 is 170 Å². The number of ether oxygens (including phenoxy) is 8. The average Bonchev–Trinajstić information content (AvgIpc) is 1.54. The fraction of sp³-hybridized carbons (Fsp3) is 0.351. The molecule has 16 rings (SSSR count). The fourth-order valence-electron chi connectivity index (χ4n) is 16.7. The summed E-state index contributed by atoms with van der Waals surface area (Å²) in [5, 5.41) is -1.87. The van der Waals surface area contributed by atoms with E-state index in [-0.39, 0.29) is 189 Å². The van der Waals surface area contributed by atoms with Crippen molar-refractivity contribution in [3.8, 4) is 0 Å². The van der Waals surface area contributed by atoms with E-state index in [1.165, 1.54) is 146 Å². The van der Waals surface area contributed by atoms with Crippen LogP contribution in [0.2, 0.25) is 0 Å². The summed E-state index contributed by atoms with van der Waals surface area (Å²) in [6.45, 7) is 9.54. The number of sulfonamides is 6. The van der Waals surface area contributed by atoms with Crippen LogP contribution >= 0.6 is 0 Å². The molecule has 45 nitrogen and oxygen atoms in total. The average molecular weight is 2200 g/mol. The number of nitrogens with zero attached hydrogens (tertiary/aromatic N) is 6. The first-order chi connectivity index (χ1) is 70.6. The minimum atomic E-state index is -4.33. The molecule has 0 radical (unpaired) electrons. The van der Waals surface area contributed by atoms with Crippen LogP contribution in [0.3, 0.4) is 0 Å². The second-order valence-corrected chi connectivity index (χ2v) is 46.4. The van der Waals surface area contributed by atoms with Crippen LogP contribution in [0, 0.1) is 23.7 Å². The molecule has 0 spiro atoms. The molecule has 2 bridgehead atoms. The van der Waals surface area contributed by atoms with Gasteiger partial charge in [0.25, 0.3) is 83.8 Å². The molecule has 52 heteroatoms. The number of imide groups is 6. The zero-order valence-electron chi connectivity index (χ0n) is 79.8. The van der Waals surface area contributed by atoms with Gasteiger partial charge in [-0.3, -0.25) is 67.1 Å². The number of ketones is 2. The van der Waals surface area contributed by atoms with Crippen LogP contribution in [0.4, 0.5) is 0 Å². The maximum absolute atomic E-state index is 13.0. The van der Waals surface area contributed by atoms with Gasteiger partial charge >= 0.3 is 17.9 Å². The van der Waals surface area contributed by atoms with Crippen molar-refractivity contribution in [1.29, 1.82) is 0 Å². The van der Waals surface area contributed by atoms with Crippen LogP contribution < -0.4 is 0 Å². The maximum Gasteiger partial charge on any atom is 0.338 e. The first kappa shape index (κ1) is 114. The van der Waals surface area contributed by atoms with E-state index in [9.17, 15) is 140 Å². The third-order valence-corrected chi connectivity index (χ3v) is 36.4. The first-order valence-corrected chi connectivity index (χ1v) is 56.2. The lowest BCUT2D eigenvalue weighted by atomic mass is 9.85. The molecule has 5 unspecified atom stereocenters. The van der Waals surface area contributed by atoms with Crippen LogP contribution in [0.1, 0.15) is 177 Å². The molecule has 0 aromatic heterocycles. The molecular formula is C97H98N6O39S7. The second kappa shape index (κ2) is 48.6. The standard InChI is InChI=1S/C24H24N2O8S2.C21H17NO10S2.C20H21NO7S.C17H19NO7S.C15H17NO7S/c27-21(25-23(29)17-11-7-9-13-19(17)35(25,31)32)15-5-3-1-2-4-6-16-22(28)26-24(30)18-12-8-10-14-20(18)36(26,33)34;23-15(20-19(25)13-5-1-3-7-16(13)33(20,27)28)11-31-9-10-32-12-18(24)22-21(26)14-6-2-4-8-17(14)34(22,29)30;1-2-27-9-10-28-20(24)12-5-7-15(8-6-12)29(25,26)21-18(22)16-13-3-4-14(11-13)17(16)19(21)23;1-12(2)11-24-9-10-25-17(21)13-3-5-14(6-4-13)26(22,23)18-15(19)7-8-16(18)20;1-2-22-9-10-23-15(19)11-3-5-12(6-4-11)24(20,21)16-13(17)7-8-14(16)18/h7-14H,1-6,15-16H2;1-8,20H,9-12H2;3-8,13-14,16-17H,2,9-11H2,1H3;3-6H,1,7-11H2,2H3;3-6H,2,7-10H2,1H3. The summed E-state index contributed by atoms with van der Waals surface area (Å²) in [7, 11) is -29.6. The van der Waals surface area contributed by atoms with Crippen LogP contribution in [-0.4, -0.2) is 276 Å². The molecule has 2 aliphatic carbocycles. The number of esters is 3. The number of rotatable bonds is 39. The predicted molar refractivity (Wildman–Crippen MR) is 512 cm³/mol. The van der Waals surface area contributed by atoms with Gasteiger partial charge in [0.15, 0.2) is 26.7 Å². The highest BCUT2D eigenvalue weighted by Gasteiger charge is 2.63. The van der Waals surface area contributed by atoms with Crippen molar-refractivity contribution in [3.05, 3.63) is 233 Å². The summed E-state index contributed by atoms with van der Waals surface area (Å²) in [4.78, 5) is 205. The quantitative estimate of drug-likeness (QED) is 0.0103. The van der Waals surface area contributed by atoms with Crippen molar-refractivity contribution < 1.29 is 178 Å². The van der Waals surface area contributed by atoms with Crippen molar-refractivity contribution in [3.63, 3.8) is 0 Å². The largest absolute Gasteiger partial charge is 0.460 e. The molecule has 12 amide bonds. The number of carbonyl (C=O) groups is 17. The lowest BCUT2D eigenvalue weighted by Gasteiger charge is -2.17. The SMILES string of the molecule is C=C(C)COCCOC(=O)c1ccc(S(=O)(=O)N2C(=O)CCC2=O)cc1.CCOCCOC(=O)c1ccc(S(=O)(=O)N2C(=O)C3C4C=CC(C4)C3C2=O)cc1.CCOCCOC(=O)c1ccc(S(=O)(=O)N2C(=O)CCC2=O)cc1.O=C(CCCCCCCCC(=O)N1C(=O)c2ccccc2S1(=O)=O)N1C(=O)c2ccccc2S1(=O)=O.O=C(COCCOCC(=O)N1C(=O)c2ccccc2S1(=O)=O)C1C(=O)c2ccccc2S1(=O)=O. The van der Waals surface area contributed by atoms with Gasteiger partial charge in [0.1, 0.15) is 47.7 Å². The summed E-state index contributed by atoms with van der Waals surface area (Å²) >= 11 is 0. The summed E-state index contributed by atoms with van der Waals surface area (Å²) < 4.78 is 217. The molecule has 5 atom stereocenters. The zero-order chi connectivity index (χ0) is 109. The minimum absolute atomic E-state index is 0.00675. The van der Waals surface area contributed by atoms with Gasteiger partial charge in [-0.05, 0) is 167 Å². The van der Waals surface area contributed by atoms with Crippen molar-refractivity contribution in [2.45, 2.75) is 144 Å². The Balaban J connectivity index is 0.000000167. The van der Waals surface area contributed by atoms with E-state index < -0.39 is 201 Å². The molecule has 149 heavy (non-hydrogen) atoms. The Hall–Kier alpha value is -13.9. The Morgan fingerprint density at radius 1 is 0.349 bits per heavy atom. The molecule has 7 heterocycles. The van der Waals surface area contributed by atoms with Gasteiger partial charge in [0, 0.05) is 57.3 Å². The monoisotopic (exact) mass is 2190 g/mol. The van der Waals surface area contributed by atoms with Crippen molar-refractivity contribution in [2.75, 3.05) is 85.9 Å². The molecule has 3 saturated heterocycles. The Bertz CT molecular complexity index is 7160. The topological polar surface area (TPSA) is 622 Å². The first-order valence-electron chi connectivity index (χ1n) is 46.1. The molecular weight excluding hydrogens is 2100 g/mol. The Morgan fingerprint density at radius 3 is 0.980 bits per heavy atom. The molecule has 1 saturated carbocycles. The van der Waals surface area contributed by atoms with Gasteiger partial charge in [0.05, 0.1) is 104 Å². The van der Waals surface area contributed by atoms with E-state index in [1.807, 2.05) is 32.9 Å². The molecule has 792 valence electrons. The Labute approximate surface area is 855 Å². The third kappa shape index (κ3) is 24.8. The number of carbonyl (C=O) groups excluding carboxylic acids is 17. The van der Waals surface area contributed by atoms with Crippen LogP contribution in [-0.2, 0) is 156 Å². The Kier molecular flexibility index (Phi) is 37.1. The van der Waals surface area contributed by atoms with Crippen LogP contribution in [0.5, 0.6) is 0 Å². The summed E-state index contributed by atoms with van der Waals surface area (Å²) in [5.41, 5.74) is 1.14. The van der Waals surface area contributed by atoms with Gasteiger partial charge in [-0.2, -0.15) is 25.8 Å². The number of hydrogen-bond donors (Lipinski definition) is 0. The number of unbranched alkanes of at least 4 members (excludes halogenated alkanes) is 5. The van der Waals surface area contributed by atoms with Gasteiger partial charge in [-0.1, -0.05) is 105 Å². The van der Waals surface area contributed by atoms with E-state index >= 15 is 0 Å². The second-order valence-electron chi connectivity index (χ2n) is 33.8. The van der Waals surface area contributed by atoms with E-state index in [0.29, 0.717) is 71.3 Å². The number of Topliss-reactive ketones (excluding diaryl/α,β-unsaturated/α-hetero) is 2. The molecule has 7 aromatic carbocycles. The predicted octanol–water partition coefficient (Wildman–Crippen LogP) is 6.22. The number of sulfone groups is 1. The number of benzene rings is 7. The van der Waals surface area contributed by atoms with Gasteiger partial charge in [-0.15, -0.1) is 0 Å². The maximum atomic E-state index is 13.0. The number of allylic oxidation sites excluding steroid dienone is 2. The van der Waals surface area contributed by atoms with Gasteiger partial charge < -0.3 is 37.9 Å². The smallest absolute Gasteiger partial charge is 0.338 e. The van der Waals surface area contributed by atoms with E-state index in [1.54, 1.807) is 0 Å². The highest BCUT2D eigenvalue weighted by molar-refractivity contribution is 7.94. The van der Waals surface area contributed by atoms with Gasteiger partial charge in [-0.25, -0.2) is 73.3 Å². The molecule has 9 aliphatic rings. The lowest BCUT2D eigenvalue weighted by molar-refractivity contribution is -0.135. The van der Waals surface area contributed by atoms with E-state index in [0.717, 1.165) is 36.3 Å². The molecule has 4 fully saturated rings. The highest BCUT2D eigenvalue weighted by Crippen LogP contribution is 2.54. The Morgan fingerprint density at radius 2 is 0.644 bits per heavy atom. The van der Waals surface area contributed by atoms with Crippen LogP contribution in [0.25, 0.3) is 0 Å². The summed E-state index contributed by atoms with van der Waals surface area (Å²) in [5.74, 6) is -14.5. The number of hydrogen-bond acceptors (Lipinski definition) is 39. The summed E-state index contributed by atoms with van der Waals surface area (Å²) in [6, 6.07) is 37.0. The fourth-order valence-corrected chi connectivity index (χ4v) is 27.4. The van der Waals surface area contributed by atoms with Crippen molar-refractivity contribution in [2.24, 2.45) is 23.7 Å². The number of fused-ring (bicyclic) bond motifs is 9. The summed E-state index contributed by atoms with van der Waals surface area (Å²) in [6.07, 6.45) is 7.27. The molecule has 0 N–H and O–H groups in total. The molecule has 7 aliphatic heterocycles. The molecule has 7 aromatic rings. The van der Waals surface area contributed by atoms with Gasteiger partial charge in [0.2, 0.25) is 47.3 Å². The van der Waals surface area contributed by atoms with E-state index in [2.05, 4.69) is 6.58 Å². The van der Waals surface area contributed by atoms with Crippen LogP contribution in [0.15, 0.2) is 228 Å². The lowest BCUT2D eigenvalue weighted by Crippen LogP contribution is -2.39. The van der Waals surface area contributed by atoms with E-state index in [4.69, 9.17) is 37.9 Å².